The molecule has 0 unspecified atom stereocenters. The highest BCUT2D eigenvalue weighted by molar-refractivity contribution is 6.30. The van der Waals surface area contributed by atoms with Crippen LogP contribution in [0, 0.1) is 0 Å². The van der Waals surface area contributed by atoms with Gasteiger partial charge in [-0.3, -0.25) is 4.68 Å². The third-order valence-electron chi connectivity index (χ3n) is 2.76. The minimum atomic E-state index is 0.130. The van der Waals surface area contributed by atoms with Crippen molar-refractivity contribution in [2.24, 2.45) is 0 Å². The summed E-state index contributed by atoms with van der Waals surface area (Å²) in [7, 11) is 0. The van der Waals surface area contributed by atoms with Crippen LogP contribution >= 0.6 is 11.6 Å². The highest BCUT2D eigenvalue weighted by Gasteiger charge is 2.08. The van der Waals surface area contributed by atoms with Crippen molar-refractivity contribution in [3.63, 3.8) is 0 Å². The van der Waals surface area contributed by atoms with Crippen molar-refractivity contribution in [3.8, 4) is 0 Å². The van der Waals surface area contributed by atoms with Crippen LogP contribution in [0.1, 0.15) is 31.9 Å². The van der Waals surface area contributed by atoms with E-state index in [0.717, 1.165) is 13.1 Å². The Bertz CT molecular complexity index is 540. The maximum absolute atomic E-state index is 5.86. The molecule has 0 atom stereocenters. The summed E-state index contributed by atoms with van der Waals surface area (Å²) in [5.41, 5.74) is 2.64. The second-order valence-corrected chi connectivity index (χ2v) is 6.22. The summed E-state index contributed by atoms with van der Waals surface area (Å²) in [5.74, 6) is 0. The fourth-order valence-electron chi connectivity index (χ4n) is 1.82. The van der Waals surface area contributed by atoms with Gasteiger partial charge >= 0.3 is 0 Å². The van der Waals surface area contributed by atoms with E-state index in [4.69, 9.17) is 11.6 Å². The fourth-order valence-corrected chi connectivity index (χ4v) is 1.97. The zero-order valence-electron chi connectivity index (χ0n) is 11.7. The molecule has 0 aliphatic rings. The molecule has 0 aliphatic carbocycles. The lowest BCUT2D eigenvalue weighted by Gasteiger charge is -2.20. The molecule has 0 saturated heterocycles. The van der Waals surface area contributed by atoms with Crippen molar-refractivity contribution >= 4 is 11.6 Å². The molecule has 2 rings (SSSR count). The molecule has 3 nitrogen and oxygen atoms in total. The molecule has 2 aromatic rings. The molecular weight excluding hydrogens is 258 g/mol. The zero-order valence-corrected chi connectivity index (χ0v) is 12.4. The van der Waals surface area contributed by atoms with E-state index in [1.807, 2.05) is 10.9 Å². The van der Waals surface area contributed by atoms with Crippen molar-refractivity contribution in [1.29, 1.82) is 0 Å². The van der Waals surface area contributed by atoms with Crippen molar-refractivity contribution in [1.82, 2.24) is 15.1 Å². The normalized spacial score (nSPS) is 11.8. The first-order valence-corrected chi connectivity index (χ1v) is 6.81. The van der Waals surface area contributed by atoms with E-state index in [0.29, 0.717) is 5.02 Å². The van der Waals surface area contributed by atoms with Gasteiger partial charge in [-0.05, 0) is 31.9 Å². The van der Waals surface area contributed by atoms with Crippen LogP contribution in [0.2, 0.25) is 5.02 Å². The molecule has 1 N–H and O–H groups in total. The Kier molecular flexibility index (Phi) is 4.27. The number of halogens is 1. The van der Waals surface area contributed by atoms with Crippen LogP contribution in [0.15, 0.2) is 36.7 Å². The van der Waals surface area contributed by atoms with Gasteiger partial charge in [0.25, 0.3) is 0 Å². The molecule has 1 aromatic carbocycles. The van der Waals surface area contributed by atoms with Crippen molar-refractivity contribution < 1.29 is 0 Å². The Morgan fingerprint density at radius 3 is 2.63 bits per heavy atom. The van der Waals surface area contributed by atoms with Gasteiger partial charge in [0.2, 0.25) is 0 Å². The Morgan fingerprint density at radius 2 is 2.00 bits per heavy atom. The zero-order chi connectivity index (χ0) is 13.9. The van der Waals surface area contributed by atoms with Crippen LogP contribution in [0.25, 0.3) is 0 Å². The summed E-state index contributed by atoms with van der Waals surface area (Å²) in [6, 6.07) is 8.53. The lowest BCUT2D eigenvalue weighted by molar-refractivity contribution is 0.424. The Hall–Kier alpha value is -1.32. The molecule has 0 amide bonds. The second-order valence-electron chi connectivity index (χ2n) is 5.78. The van der Waals surface area contributed by atoms with E-state index in [9.17, 15) is 0 Å². The summed E-state index contributed by atoms with van der Waals surface area (Å²) in [6.07, 6.45) is 3.49. The van der Waals surface area contributed by atoms with Crippen molar-refractivity contribution in [2.75, 3.05) is 0 Å². The summed E-state index contributed by atoms with van der Waals surface area (Å²) < 4.78 is 1.85. The monoisotopic (exact) mass is 277 g/mol. The first kappa shape index (κ1) is 14.1. The lowest BCUT2D eigenvalue weighted by Crippen LogP contribution is -2.35. The van der Waals surface area contributed by atoms with Gasteiger partial charge in [-0.15, -0.1) is 0 Å². The highest BCUT2D eigenvalue weighted by Crippen LogP contribution is 2.11. The maximum Gasteiger partial charge on any atom is 0.0785 e. The fraction of sp³-hybridized carbons (Fsp3) is 0.400. The highest BCUT2D eigenvalue weighted by atomic mass is 35.5. The van der Waals surface area contributed by atoms with Gasteiger partial charge in [-0.25, -0.2) is 0 Å². The van der Waals surface area contributed by atoms with E-state index in [1.54, 1.807) is 6.20 Å². The summed E-state index contributed by atoms with van der Waals surface area (Å²) in [6.45, 7) is 8.13. The molecule has 0 spiro atoms. The molecule has 19 heavy (non-hydrogen) atoms. The number of rotatable bonds is 4. The van der Waals surface area contributed by atoms with Gasteiger partial charge in [0.15, 0.2) is 0 Å². The lowest BCUT2D eigenvalue weighted by atomic mass is 10.1. The number of nitrogens with one attached hydrogen (secondary N) is 1. The summed E-state index contributed by atoms with van der Waals surface area (Å²) >= 11 is 5.86. The molecule has 0 fully saturated rings. The van der Waals surface area contributed by atoms with Gasteiger partial charge in [-0.1, -0.05) is 35.9 Å². The number of hydrogen-bond acceptors (Lipinski definition) is 2. The van der Waals surface area contributed by atoms with Crippen LogP contribution in [-0.2, 0) is 13.1 Å². The summed E-state index contributed by atoms with van der Waals surface area (Å²) in [5, 5.41) is 8.36. The van der Waals surface area contributed by atoms with E-state index in [2.05, 4.69) is 55.5 Å². The van der Waals surface area contributed by atoms with Crippen LogP contribution < -0.4 is 5.32 Å². The molecule has 4 heteroatoms. The largest absolute Gasteiger partial charge is 0.308 e. The van der Waals surface area contributed by atoms with E-state index >= 15 is 0 Å². The smallest absolute Gasteiger partial charge is 0.0785 e. The van der Waals surface area contributed by atoms with Crippen LogP contribution in [0.4, 0.5) is 0 Å². The van der Waals surface area contributed by atoms with E-state index in [1.165, 1.54) is 11.1 Å². The number of hydrogen-bond donors (Lipinski definition) is 1. The molecule has 1 heterocycles. The van der Waals surface area contributed by atoms with Crippen LogP contribution in [0.3, 0.4) is 0 Å². The average molecular weight is 278 g/mol. The molecule has 0 bridgehead atoms. The maximum atomic E-state index is 5.86. The first-order chi connectivity index (χ1) is 8.92. The first-order valence-electron chi connectivity index (χ1n) is 6.43. The van der Waals surface area contributed by atoms with Gasteiger partial charge in [0.05, 0.1) is 17.8 Å². The van der Waals surface area contributed by atoms with Gasteiger partial charge in [0, 0.05) is 18.3 Å². The quantitative estimate of drug-likeness (QED) is 0.927. The average Bonchev–Trinajstić information content (AvgIpc) is 2.72. The molecule has 0 radical (unpaired) electrons. The standard InChI is InChI=1S/C15H20ClN3/c1-15(2,3)17-8-12-5-4-6-13(7-12)10-19-11-14(16)9-18-19/h4-7,9,11,17H,8,10H2,1-3H3. The third kappa shape index (κ3) is 4.69. The van der Waals surface area contributed by atoms with Gasteiger partial charge < -0.3 is 5.32 Å². The Balaban J connectivity index is 2.02. The molecular formula is C15H20ClN3. The molecule has 102 valence electrons. The van der Waals surface area contributed by atoms with Gasteiger partial charge in [0.1, 0.15) is 0 Å². The topological polar surface area (TPSA) is 29.9 Å². The Labute approximate surface area is 119 Å². The Morgan fingerprint density at radius 1 is 1.26 bits per heavy atom. The minimum absolute atomic E-state index is 0.130. The molecule has 0 aliphatic heterocycles. The van der Waals surface area contributed by atoms with E-state index in [-0.39, 0.29) is 5.54 Å². The van der Waals surface area contributed by atoms with Crippen LogP contribution in [0.5, 0.6) is 0 Å². The number of nitrogens with zero attached hydrogens (tertiary/aromatic N) is 2. The predicted molar refractivity (Wildman–Crippen MR) is 79.4 cm³/mol. The molecule has 1 aromatic heterocycles. The summed E-state index contributed by atoms with van der Waals surface area (Å²) in [4.78, 5) is 0. The second kappa shape index (κ2) is 5.76. The number of aromatic nitrogens is 2. The van der Waals surface area contributed by atoms with E-state index < -0.39 is 0 Å². The predicted octanol–water partition coefficient (Wildman–Crippen LogP) is 3.47. The van der Waals surface area contributed by atoms with Crippen molar-refractivity contribution in [3.05, 3.63) is 52.8 Å². The molecule has 0 saturated carbocycles. The number of benzene rings is 1. The van der Waals surface area contributed by atoms with Crippen LogP contribution in [-0.4, -0.2) is 15.3 Å². The van der Waals surface area contributed by atoms with Gasteiger partial charge in [-0.2, -0.15) is 5.10 Å². The SMILES string of the molecule is CC(C)(C)NCc1cccc(Cn2cc(Cl)cn2)c1. The van der Waals surface area contributed by atoms with Crippen molar-refractivity contribution in [2.45, 2.75) is 39.4 Å². The third-order valence-corrected chi connectivity index (χ3v) is 2.96. The minimum Gasteiger partial charge on any atom is -0.308 e.